The maximum atomic E-state index is 12.1. The van der Waals surface area contributed by atoms with Gasteiger partial charge in [0, 0.05) is 32.2 Å². The average Bonchev–Trinajstić information content (AvgIpc) is 2.57. The van der Waals surface area contributed by atoms with Gasteiger partial charge >= 0.3 is 0 Å². The van der Waals surface area contributed by atoms with Crippen LogP contribution in [0.5, 0.6) is 0 Å². The topological polar surface area (TPSA) is 75.3 Å². The molecule has 0 radical (unpaired) electrons. The highest BCUT2D eigenvalue weighted by atomic mass is 127. The normalized spacial score (nSPS) is 10.9. The van der Waals surface area contributed by atoms with Gasteiger partial charge in [-0.05, 0) is 85.0 Å². The van der Waals surface area contributed by atoms with Crippen LogP contribution in [0.4, 0.5) is 11.4 Å². The SMILES string of the molecule is CC(=O)c1ccc(NC(=O)/C(C)=C\C(=O)Nc2ccc(I)cc2)cc1. The van der Waals surface area contributed by atoms with Crippen LogP contribution in [-0.2, 0) is 9.59 Å². The molecule has 0 saturated carbocycles. The minimum absolute atomic E-state index is 0.0405. The van der Waals surface area contributed by atoms with Crippen LogP contribution in [0.3, 0.4) is 0 Å². The zero-order valence-electron chi connectivity index (χ0n) is 13.8. The standard InChI is InChI=1S/C19H17IN2O3/c1-12(11-18(24)21-16-9-5-15(20)6-10-16)19(25)22-17-7-3-14(4-8-17)13(2)23/h3-11H,1-2H3,(H,21,24)(H,22,25)/b12-11-. The summed E-state index contributed by atoms with van der Waals surface area (Å²) in [4.78, 5) is 35.3. The molecule has 5 nitrogen and oxygen atoms in total. The van der Waals surface area contributed by atoms with E-state index in [1.807, 2.05) is 12.1 Å². The van der Waals surface area contributed by atoms with E-state index in [9.17, 15) is 14.4 Å². The lowest BCUT2D eigenvalue weighted by Gasteiger charge is -2.07. The van der Waals surface area contributed by atoms with E-state index in [2.05, 4.69) is 33.2 Å². The molecule has 0 aliphatic heterocycles. The van der Waals surface area contributed by atoms with Gasteiger partial charge in [-0.1, -0.05) is 0 Å². The van der Waals surface area contributed by atoms with E-state index in [0.717, 1.165) is 3.57 Å². The maximum absolute atomic E-state index is 12.1. The lowest BCUT2D eigenvalue weighted by atomic mass is 10.1. The van der Waals surface area contributed by atoms with Gasteiger partial charge in [-0.25, -0.2) is 0 Å². The van der Waals surface area contributed by atoms with Gasteiger partial charge < -0.3 is 10.6 Å². The molecule has 0 aliphatic carbocycles. The van der Waals surface area contributed by atoms with Gasteiger partial charge in [0.25, 0.3) is 5.91 Å². The van der Waals surface area contributed by atoms with Crippen LogP contribution in [0.15, 0.2) is 60.2 Å². The van der Waals surface area contributed by atoms with Crippen LogP contribution in [0, 0.1) is 3.57 Å². The van der Waals surface area contributed by atoms with Gasteiger partial charge in [0.2, 0.25) is 5.91 Å². The fourth-order valence-corrected chi connectivity index (χ4v) is 2.35. The van der Waals surface area contributed by atoms with Crippen molar-refractivity contribution in [2.75, 3.05) is 10.6 Å². The van der Waals surface area contributed by atoms with Crippen molar-refractivity contribution < 1.29 is 14.4 Å². The molecule has 0 bridgehead atoms. The maximum Gasteiger partial charge on any atom is 0.251 e. The van der Waals surface area contributed by atoms with Crippen molar-refractivity contribution in [2.45, 2.75) is 13.8 Å². The molecule has 0 atom stereocenters. The van der Waals surface area contributed by atoms with E-state index >= 15 is 0 Å². The number of Topliss-reactive ketones (excluding diaryl/α,β-unsaturated/α-hetero) is 1. The van der Waals surface area contributed by atoms with Gasteiger partial charge in [0.15, 0.2) is 5.78 Å². The summed E-state index contributed by atoms with van der Waals surface area (Å²) in [5.74, 6) is -0.796. The van der Waals surface area contributed by atoms with Crippen LogP contribution in [0.25, 0.3) is 0 Å². The first-order valence-corrected chi connectivity index (χ1v) is 8.60. The number of nitrogens with one attached hydrogen (secondary N) is 2. The Morgan fingerprint density at radius 1 is 0.840 bits per heavy atom. The highest BCUT2D eigenvalue weighted by molar-refractivity contribution is 14.1. The molecule has 2 N–H and O–H groups in total. The summed E-state index contributed by atoms with van der Waals surface area (Å²) >= 11 is 2.18. The second-order valence-corrected chi connectivity index (χ2v) is 6.66. The number of hydrogen-bond donors (Lipinski definition) is 2. The monoisotopic (exact) mass is 448 g/mol. The van der Waals surface area contributed by atoms with E-state index in [0.29, 0.717) is 16.9 Å². The average molecular weight is 448 g/mol. The molecule has 6 heteroatoms. The van der Waals surface area contributed by atoms with Crippen molar-refractivity contribution in [3.05, 3.63) is 69.3 Å². The fourth-order valence-electron chi connectivity index (χ4n) is 1.99. The van der Waals surface area contributed by atoms with Crippen LogP contribution in [0.2, 0.25) is 0 Å². The molecular formula is C19H17IN2O3. The Morgan fingerprint density at radius 3 is 1.92 bits per heavy atom. The summed E-state index contributed by atoms with van der Waals surface area (Å²) in [5.41, 5.74) is 2.07. The Balaban J connectivity index is 1.97. The first-order chi connectivity index (χ1) is 11.8. The number of anilines is 2. The number of hydrogen-bond acceptors (Lipinski definition) is 3. The van der Waals surface area contributed by atoms with Gasteiger partial charge in [0.05, 0.1) is 0 Å². The second-order valence-electron chi connectivity index (χ2n) is 5.41. The molecule has 2 aromatic carbocycles. The van der Waals surface area contributed by atoms with Gasteiger partial charge in [-0.3, -0.25) is 14.4 Å². The predicted molar refractivity (Wildman–Crippen MR) is 107 cm³/mol. The van der Waals surface area contributed by atoms with E-state index < -0.39 is 0 Å². The minimum Gasteiger partial charge on any atom is -0.323 e. The third kappa shape index (κ3) is 5.82. The summed E-state index contributed by atoms with van der Waals surface area (Å²) in [7, 11) is 0. The van der Waals surface area contributed by atoms with Crippen molar-refractivity contribution >= 4 is 51.6 Å². The largest absolute Gasteiger partial charge is 0.323 e. The summed E-state index contributed by atoms with van der Waals surface area (Å²) in [5, 5.41) is 5.39. The first kappa shape index (κ1) is 18.9. The molecule has 25 heavy (non-hydrogen) atoms. The van der Waals surface area contributed by atoms with Gasteiger partial charge in [0.1, 0.15) is 0 Å². The van der Waals surface area contributed by atoms with Crippen molar-refractivity contribution in [1.29, 1.82) is 0 Å². The summed E-state index contributed by atoms with van der Waals surface area (Å²) in [6.45, 7) is 3.04. The molecule has 0 aromatic heterocycles. The molecule has 0 saturated heterocycles. The van der Waals surface area contributed by atoms with Crippen molar-refractivity contribution in [1.82, 2.24) is 0 Å². The van der Waals surface area contributed by atoms with Crippen LogP contribution >= 0.6 is 22.6 Å². The molecule has 0 spiro atoms. The molecule has 0 aliphatic rings. The van der Waals surface area contributed by atoms with E-state index in [1.54, 1.807) is 43.3 Å². The quantitative estimate of drug-likeness (QED) is 0.412. The highest BCUT2D eigenvalue weighted by Gasteiger charge is 2.08. The Hall–Kier alpha value is -2.48. The Kier molecular flexibility index (Phi) is 6.46. The molecule has 128 valence electrons. The third-order valence-electron chi connectivity index (χ3n) is 3.37. The lowest BCUT2D eigenvalue weighted by Crippen LogP contribution is -2.16. The molecule has 2 amide bonds. The Labute approximate surface area is 159 Å². The molecular weight excluding hydrogens is 431 g/mol. The number of rotatable bonds is 5. The van der Waals surface area contributed by atoms with Crippen LogP contribution in [-0.4, -0.2) is 17.6 Å². The zero-order valence-corrected chi connectivity index (χ0v) is 16.0. The number of carbonyl (C=O) groups excluding carboxylic acids is 3. The third-order valence-corrected chi connectivity index (χ3v) is 4.09. The van der Waals surface area contributed by atoms with Gasteiger partial charge in [-0.15, -0.1) is 0 Å². The van der Waals surface area contributed by atoms with Crippen LogP contribution < -0.4 is 10.6 Å². The number of amides is 2. The summed E-state index contributed by atoms with van der Waals surface area (Å²) in [6, 6.07) is 13.9. The van der Waals surface area contributed by atoms with Gasteiger partial charge in [-0.2, -0.15) is 0 Å². The molecule has 2 aromatic rings. The number of ketones is 1. The Morgan fingerprint density at radius 2 is 1.36 bits per heavy atom. The van der Waals surface area contributed by atoms with Crippen molar-refractivity contribution in [2.24, 2.45) is 0 Å². The van der Waals surface area contributed by atoms with E-state index in [4.69, 9.17) is 0 Å². The zero-order chi connectivity index (χ0) is 18.4. The smallest absolute Gasteiger partial charge is 0.251 e. The molecule has 0 heterocycles. The first-order valence-electron chi connectivity index (χ1n) is 7.52. The fraction of sp³-hybridized carbons (Fsp3) is 0.105. The molecule has 0 fully saturated rings. The predicted octanol–water partition coefficient (Wildman–Crippen LogP) is 4.02. The summed E-state index contributed by atoms with van der Waals surface area (Å²) in [6.07, 6.45) is 1.25. The highest BCUT2D eigenvalue weighted by Crippen LogP contribution is 2.13. The van der Waals surface area contributed by atoms with Crippen molar-refractivity contribution in [3.8, 4) is 0 Å². The molecule has 0 unspecified atom stereocenters. The lowest BCUT2D eigenvalue weighted by molar-refractivity contribution is -0.114. The molecule has 2 rings (SSSR count). The number of halogens is 1. The van der Waals surface area contributed by atoms with Crippen molar-refractivity contribution in [3.63, 3.8) is 0 Å². The van der Waals surface area contributed by atoms with E-state index in [1.165, 1.54) is 13.0 Å². The minimum atomic E-state index is -0.381. The van der Waals surface area contributed by atoms with E-state index in [-0.39, 0.29) is 23.2 Å². The van der Waals surface area contributed by atoms with Crippen LogP contribution in [0.1, 0.15) is 24.2 Å². The Bertz CT molecular complexity index is 825. The summed E-state index contributed by atoms with van der Waals surface area (Å²) < 4.78 is 1.07. The number of carbonyl (C=O) groups is 3. The second kappa shape index (κ2) is 8.57. The number of benzene rings is 2.